The van der Waals surface area contributed by atoms with Crippen LogP contribution in [0.3, 0.4) is 0 Å². The summed E-state index contributed by atoms with van der Waals surface area (Å²) in [5, 5.41) is 6.39. The monoisotopic (exact) mass is 402 g/mol. The third-order valence-electron chi connectivity index (χ3n) is 4.86. The summed E-state index contributed by atoms with van der Waals surface area (Å²) in [6, 6.07) is 3.97. The number of halogens is 3. The van der Waals surface area contributed by atoms with Crippen molar-refractivity contribution >= 4 is 16.5 Å². The first-order chi connectivity index (χ1) is 13.0. The van der Waals surface area contributed by atoms with E-state index < -0.39 is 11.2 Å². The van der Waals surface area contributed by atoms with Crippen molar-refractivity contribution in [1.82, 2.24) is 15.1 Å². The fourth-order valence-electron chi connectivity index (χ4n) is 3.39. The van der Waals surface area contributed by atoms with Crippen LogP contribution in [0.25, 0.3) is 0 Å². The van der Waals surface area contributed by atoms with Gasteiger partial charge < -0.3 is 14.1 Å². The third-order valence-corrected chi connectivity index (χ3v) is 5.89. The Morgan fingerprint density at radius 2 is 1.93 bits per heavy atom. The highest BCUT2D eigenvalue weighted by molar-refractivity contribution is 7.15. The second kappa shape index (κ2) is 7.76. The van der Waals surface area contributed by atoms with Gasteiger partial charge in [-0.2, -0.15) is 13.2 Å². The molecule has 2 aromatic heterocycles. The van der Waals surface area contributed by atoms with Gasteiger partial charge in [0.15, 0.2) is 0 Å². The van der Waals surface area contributed by atoms with E-state index in [-0.39, 0.29) is 6.10 Å². The van der Waals surface area contributed by atoms with Gasteiger partial charge >= 0.3 is 6.18 Å². The third kappa shape index (κ3) is 4.44. The standard InChI is InChI=1S/C17H21F3N4O2S/c18-17(19,20)15-21-22-16(27-15)24-8-6-23(7-9-24)11-12-4-5-14(26-12)13-3-1-2-10-25-13/h4-5,13H,1-3,6-11H2. The largest absolute Gasteiger partial charge is 0.462 e. The van der Waals surface area contributed by atoms with E-state index in [2.05, 4.69) is 15.1 Å². The van der Waals surface area contributed by atoms with E-state index in [9.17, 15) is 13.2 Å². The SMILES string of the molecule is FC(F)(F)c1nnc(N2CCN(Cc3ccc(C4CCCCO4)o3)CC2)s1. The summed E-state index contributed by atoms with van der Waals surface area (Å²) in [6.07, 6.45) is -1.12. The molecule has 6 nitrogen and oxygen atoms in total. The maximum atomic E-state index is 12.7. The minimum absolute atomic E-state index is 0.0598. The van der Waals surface area contributed by atoms with Gasteiger partial charge in [-0.25, -0.2) is 0 Å². The lowest BCUT2D eigenvalue weighted by atomic mass is 10.1. The summed E-state index contributed by atoms with van der Waals surface area (Å²) >= 11 is 0.598. The van der Waals surface area contributed by atoms with Gasteiger partial charge in [0.05, 0.1) is 6.54 Å². The summed E-state index contributed by atoms with van der Waals surface area (Å²) in [6.45, 7) is 4.17. The van der Waals surface area contributed by atoms with Crippen molar-refractivity contribution in [3.63, 3.8) is 0 Å². The van der Waals surface area contributed by atoms with Crippen LogP contribution in [0.2, 0.25) is 0 Å². The van der Waals surface area contributed by atoms with Crippen LogP contribution in [0.15, 0.2) is 16.5 Å². The van der Waals surface area contributed by atoms with Crippen molar-refractivity contribution in [2.75, 3.05) is 37.7 Å². The number of aromatic nitrogens is 2. The Morgan fingerprint density at radius 1 is 1.11 bits per heavy atom. The molecule has 10 heteroatoms. The number of hydrogen-bond acceptors (Lipinski definition) is 7. The first-order valence-corrected chi connectivity index (χ1v) is 9.89. The molecule has 1 atom stereocenters. The molecular weight excluding hydrogens is 381 g/mol. The first kappa shape index (κ1) is 18.7. The molecule has 27 heavy (non-hydrogen) atoms. The minimum atomic E-state index is -4.43. The normalized spacial score (nSPS) is 22.3. The van der Waals surface area contributed by atoms with Crippen LogP contribution < -0.4 is 4.90 Å². The molecule has 0 amide bonds. The van der Waals surface area contributed by atoms with Crippen molar-refractivity contribution in [2.45, 2.75) is 38.1 Å². The second-order valence-corrected chi connectivity index (χ2v) is 7.77. The van der Waals surface area contributed by atoms with Crippen molar-refractivity contribution in [2.24, 2.45) is 0 Å². The predicted molar refractivity (Wildman–Crippen MR) is 93.7 cm³/mol. The number of alkyl halides is 3. The Hall–Kier alpha value is -1.65. The summed E-state index contributed by atoms with van der Waals surface area (Å²) in [5.41, 5.74) is 0. The molecule has 0 radical (unpaired) electrons. The van der Waals surface area contributed by atoms with Crippen LogP contribution in [-0.2, 0) is 17.5 Å². The highest BCUT2D eigenvalue weighted by Crippen LogP contribution is 2.34. The molecule has 2 aliphatic heterocycles. The average molecular weight is 402 g/mol. The molecule has 0 aromatic carbocycles. The van der Waals surface area contributed by atoms with E-state index in [1.165, 1.54) is 0 Å². The number of piperazine rings is 1. The fraction of sp³-hybridized carbons (Fsp3) is 0.647. The van der Waals surface area contributed by atoms with Gasteiger partial charge in [-0.1, -0.05) is 11.3 Å². The number of ether oxygens (including phenoxy) is 1. The Bertz CT molecular complexity index is 749. The lowest BCUT2D eigenvalue weighted by molar-refractivity contribution is -0.138. The molecule has 4 rings (SSSR count). The fourth-order valence-corrected chi connectivity index (χ4v) is 4.16. The zero-order valence-corrected chi connectivity index (χ0v) is 15.6. The molecule has 148 valence electrons. The van der Waals surface area contributed by atoms with Gasteiger partial charge in [0.1, 0.15) is 17.6 Å². The smallest absolute Gasteiger partial charge is 0.445 e. The number of hydrogen-bond donors (Lipinski definition) is 0. The average Bonchev–Trinajstić information content (AvgIpc) is 3.33. The summed E-state index contributed by atoms with van der Waals surface area (Å²) in [7, 11) is 0. The molecule has 2 saturated heterocycles. The summed E-state index contributed by atoms with van der Waals surface area (Å²) < 4.78 is 49.7. The number of nitrogens with zero attached hydrogens (tertiary/aromatic N) is 4. The number of rotatable bonds is 4. The van der Waals surface area contributed by atoms with Crippen LogP contribution in [0.4, 0.5) is 18.3 Å². The van der Waals surface area contributed by atoms with Gasteiger partial charge in [-0.05, 0) is 31.4 Å². The van der Waals surface area contributed by atoms with E-state index in [0.717, 1.165) is 50.5 Å². The molecule has 0 aliphatic carbocycles. The van der Waals surface area contributed by atoms with Gasteiger partial charge in [0.2, 0.25) is 10.1 Å². The number of anilines is 1. The van der Waals surface area contributed by atoms with Crippen LogP contribution in [0, 0.1) is 0 Å². The Balaban J connectivity index is 1.29. The quantitative estimate of drug-likeness (QED) is 0.777. The summed E-state index contributed by atoms with van der Waals surface area (Å²) in [5.74, 6) is 1.78. The number of furan rings is 1. The van der Waals surface area contributed by atoms with E-state index in [4.69, 9.17) is 9.15 Å². The van der Waals surface area contributed by atoms with E-state index in [1.54, 1.807) is 0 Å². The second-order valence-electron chi connectivity index (χ2n) is 6.81. The maximum absolute atomic E-state index is 12.7. The molecule has 0 saturated carbocycles. The van der Waals surface area contributed by atoms with E-state index in [1.807, 2.05) is 17.0 Å². The maximum Gasteiger partial charge on any atom is 0.445 e. The van der Waals surface area contributed by atoms with Gasteiger partial charge in [0, 0.05) is 32.8 Å². The topological polar surface area (TPSA) is 54.6 Å². The first-order valence-electron chi connectivity index (χ1n) is 9.07. The van der Waals surface area contributed by atoms with Gasteiger partial charge in [-0.15, -0.1) is 10.2 Å². The molecule has 2 aromatic rings. The molecule has 4 heterocycles. The van der Waals surface area contributed by atoms with Crippen molar-refractivity contribution in [1.29, 1.82) is 0 Å². The molecule has 0 spiro atoms. The molecule has 0 bridgehead atoms. The molecule has 1 unspecified atom stereocenters. The van der Waals surface area contributed by atoms with Crippen molar-refractivity contribution < 1.29 is 22.3 Å². The predicted octanol–water partition coefficient (Wildman–Crippen LogP) is 3.71. The van der Waals surface area contributed by atoms with Crippen molar-refractivity contribution in [3.8, 4) is 0 Å². The minimum Gasteiger partial charge on any atom is -0.462 e. The Kier molecular flexibility index (Phi) is 5.38. The highest BCUT2D eigenvalue weighted by Gasteiger charge is 2.36. The Labute approximate surface area is 158 Å². The summed E-state index contributed by atoms with van der Waals surface area (Å²) in [4.78, 5) is 4.08. The molecular formula is C17H21F3N4O2S. The molecule has 0 N–H and O–H groups in total. The lowest BCUT2D eigenvalue weighted by Crippen LogP contribution is -2.45. The van der Waals surface area contributed by atoms with E-state index in [0.29, 0.717) is 36.1 Å². The zero-order valence-electron chi connectivity index (χ0n) is 14.7. The zero-order chi connectivity index (χ0) is 18.9. The van der Waals surface area contributed by atoms with Crippen LogP contribution in [-0.4, -0.2) is 47.9 Å². The van der Waals surface area contributed by atoms with Crippen LogP contribution in [0.5, 0.6) is 0 Å². The van der Waals surface area contributed by atoms with Crippen LogP contribution in [0.1, 0.15) is 41.9 Å². The van der Waals surface area contributed by atoms with Gasteiger partial charge in [0.25, 0.3) is 0 Å². The Morgan fingerprint density at radius 3 is 2.59 bits per heavy atom. The van der Waals surface area contributed by atoms with Crippen LogP contribution >= 0.6 is 11.3 Å². The molecule has 2 fully saturated rings. The molecule has 2 aliphatic rings. The van der Waals surface area contributed by atoms with Crippen molar-refractivity contribution in [3.05, 3.63) is 28.7 Å². The lowest BCUT2D eigenvalue weighted by Gasteiger charge is -2.33. The van der Waals surface area contributed by atoms with E-state index >= 15 is 0 Å². The highest BCUT2D eigenvalue weighted by atomic mass is 32.1. The van der Waals surface area contributed by atoms with Gasteiger partial charge in [-0.3, -0.25) is 4.90 Å².